The summed E-state index contributed by atoms with van der Waals surface area (Å²) in [6.45, 7) is 6.92. The van der Waals surface area contributed by atoms with Gasteiger partial charge in [0.1, 0.15) is 5.52 Å². The van der Waals surface area contributed by atoms with Crippen LogP contribution in [-0.4, -0.2) is 23.1 Å². The zero-order chi connectivity index (χ0) is 14.1. The van der Waals surface area contributed by atoms with Crippen molar-refractivity contribution < 1.29 is 0 Å². The zero-order valence-corrected chi connectivity index (χ0v) is 13.6. The fourth-order valence-electron chi connectivity index (χ4n) is 3.05. The van der Waals surface area contributed by atoms with E-state index in [-0.39, 0.29) is 0 Å². The number of aromatic nitrogens is 2. The molecular weight excluding hydrogens is 314 g/mol. The largest absolute Gasteiger partial charge is 0.370 e. The molecule has 20 heavy (non-hydrogen) atoms. The molecule has 0 saturated carbocycles. The number of anilines is 1. The van der Waals surface area contributed by atoms with Crippen LogP contribution in [0.5, 0.6) is 0 Å². The van der Waals surface area contributed by atoms with E-state index in [1.54, 1.807) is 0 Å². The molecule has 0 amide bonds. The van der Waals surface area contributed by atoms with Gasteiger partial charge in [-0.05, 0) is 52.7 Å². The fourth-order valence-corrected chi connectivity index (χ4v) is 3.37. The molecule has 2 aromatic rings. The molecule has 0 N–H and O–H groups in total. The van der Waals surface area contributed by atoms with Gasteiger partial charge in [0.05, 0.1) is 11.2 Å². The van der Waals surface area contributed by atoms with Crippen molar-refractivity contribution in [2.24, 2.45) is 11.8 Å². The summed E-state index contributed by atoms with van der Waals surface area (Å²) in [6, 6.07) is 4.13. The molecule has 1 fully saturated rings. The summed E-state index contributed by atoms with van der Waals surface area (Å²) in [6.07, 6.45) is 6.30. The van der Waals surface area contributed by atoms with E-state index < -0.39 is 0 Å². The van der Waals surface area contributed by atoms with Crippen LogP contribution in [0.3, 0.4) is 0 Å². The molecule has 0 spiro atoms. The summed E-state index contributed by atoms with van der Waals surface area (Å²) in [4.78, 5) is 11.4. The monoisotopic (exact) mass is 333 g/mol. The number of halogens is 1. The highest BCUT2D eigenvalue weighted by atomic mass is 79.9. The Labute approximate surface area is 128 Å². The minimum absolute atomic E-state index is 0.792. The Balaban J connectivity index is 1.88. The average molecular weight is 334 g/mol. The molecule has 3 nitrogen and oxygen atoms in total. The number of nitrogens with zero attached hydrogens (tertiary/aromatic N) is 3. The van der Waals surface area contributed by atoms with Gasteiger partial charge >= 0.3 is 0 Å². The molecule has 0 radical (unpaired) electrons. The van der Waals surface area contributed by atoms with Crippen molar-refractivity contribution in [1.82, 2.24) is 9.97 Å². The molecule has 1 aliphatic rings. The molecule has 0 bridgehead atoms. The van der Waals surface area contributed by atoms with Crippen molar-refractivity contribution in [2.45, 2.75) is 26.7 Å². The van der Waals surface area contributed by atoms with E-state index in [1.165, 1.54) is 18.5 Å². The number of hydrogen-bond donors (Lipinski definition) is 0. The van der Waals surface area contributed by atoms with Crippen LogP contribution in [0, 0.1) is 11.8 Å². The quantitative estimate of drug-likeness (QED) is 0.821. The van der Waals surface area contributed by atoms with Gasteiger partial charge in [-0.3, -0.25) is 9.97 Å². The molecule has 0 aliphatic carbocycles. The van der Waals surface area contributed by atoms with E-state index in [0.29, 0.717) is 0 Å². The van der Waals surface area contributed by atoms with Crippen molar-refractivity contribution in [2.75, 3.05) is 18.0 Å². The summed E-state index contributed by atoms with van der Waals surface area (Å²) in [5.74, 6) is 1.65. The van der Waals surface area contributed by atoms with Gasteiger partial charge in [0.15, 0.2) is 0 Å². The summed E-state index contributed by atoms with van der Waals surface area (Å²) in [5.41, 5.74) is 3.20. The van der Waals surface area contributed by atoms with Crippen LogP contribution in [0.25, 0.3) is 11.0 Å². The highest BCUT2D eigenvalue weighted by molar-refractivity contribution is 9.10. The van der Waals surface area contributed by atoms with Crippen LogP contribution in [0.4, 0.5) is 5.69 Å². The van der Waals surface area contributed by atoms with Crippen molar-refractivity contribution in [1.29, 1.82) is 0 Å². The molecule has 1 aliphatic heterocycles. The number of piperidine rings is 1. The summed E-state index contributed by atoms with van der Waals surface area (Å²) >= 11 is 3.46. The van der Waals surface area contributed by atoms with E-state index in [9.17, 15) is 0 Å². The van der Waals surface area contributed by atoms with Crippen molar-refractivity contribution in [3.63, 3.8) is 0 Å². The van der Waals surface area contributed by atoms with Gasteiger partial charge in [-0.15, -0.1) is 0 Å². The van der Waals surface area contributed by atoms with E-state index in [1.807, 2.05) is 18.5 Å². The Hall–Kier alpha value is -1.16. The second-order valence-corrected chi connectivity index (χ2v) is 6.84. The van der Waals surface area contributed by atoms with Gasteiger partial charge in [-0.25, -0.2) is 0 Å². The van der Waals surface area contributed by atoms with Gasteiger partial charge in [-0.2, -0.15) is 0 Å². The van der Waals surface area contributed by atoms with Gasteiger partial charge in [0, 0.05) is 30.0 Å². The van der Waals surface area contributed by atoms with Gasteiger partial charge in [0.25, 0.3) is 0 Å². The Morgan fingerprint density at radius 2 is 2.00 bits per heavy atom. The molecule has 106 valence electrons. The molecule has 1 saturated heterocycles. The first kappa shape index (κ1) is 13.8. The number of pyridine rings is 2. The van der Waals surface area contributed by atoms with Crippen molar-refractivity contribution >= 4 is 32.7 Å². The Kier molecular flexibility index (Phi) is 3.92. The van der Waals surface area contributed by atoms with E-state index in [2.05, 4.69) is 50.7 Å². The molecule has 4 heteroatoms. The second kappa shape index (κ2) is 5.68. The minimum Gasteiger partial charge on any atom is -0.370 e. The molecule has 0 atom stereocenters. The SMILES string of the molecule is CC(C)C1CCN(c2ccnc3cc(Br)cnc23)CC1. The third-order valence-corrected chi connectivity index (χ3v) is 4.78. The molecule has 0 aromatic carbocycles. The maximum atomic E-state index is 4.56. The van der Waals surface area contributed by atoms with E-state index >= 15 is 0 Å². The third-order valence-electron chi connectivity index (χ3n) is 4.35. The van der Waals surface area contributed by atoms with Gasteiger partial charge in [0.2, 0.25) is 0 Å². The zero-order valence-electron chi connectivity index (χ0n) is 12.0. The van der Waals surface area contributed by atoms with Gasteiger partial charge < -0.3 is 4.90 Å². The van der Waals surface area contributed by atoms with E-state index in [0.717, 1.165) is 40.4 Å². The normalized spacial score (nSPS) is 17.1. The average Bonchev–Trinajstić information content (AvgIpc) is 2.46. The molecule has 0 unspecified atom stereocenters. The Morgan fingerprint density at radius 1 is 1.25 bits per heavy atom. The standard InChI is InChI=1S/C16H20BrN3/c1-11(2)12-4-7-20(8-5-12)15-3-6-18-14-9-13(17)10-19-16(14)15/h3,6,9-12H,4-5,7-8H2,1-2H3. The predicted octanol–water partition coefficient (Wildman–Crippen LogP) is 4.26. The lowest BCUT2D eigenvalue weighted by molar-refractivity contribution is 0.311. The van der Waals surface area contributed by atoms with Crippen molar-refractivity contribution in [3.8, 4) is 0 Å². The summed E-state index contributed by atoms with van der Waals surface area (Å²) in [5, 5.41) is 0. The van der Waals surface area contributed by atoms with Crippen LogP contribution in [-0.2, 0) is 0 Å². The lowest BCUT2D eigenvalue weighted by Gasteiger charge is -2.35. The van der Waals surface area contributed by atoms with E-state index in [4.69, 9.17) is 0 Å². The molecule has 2 aromatic heterocycles. The van der Waals surface area contributed by atoms with Crippen LogP contribution in [0.1, 0.15) is 26.7 Å². The third kappa shape index (κ3) is 2.66. The predicted molar refractivity (Wildman–Crippen MR) is 87.0 cm³/mol. The number of rotatable bonds is 2. The van der Waals surface area contributed by atoms with Crippen LogP contribution in [0.15, 0.2) is 29.0 Å². The van der Waals surface area contributed by atoms with Crippen LogP contribution in [0.2, 0.25) is 0 Å². The number of fused-ring (bicyclic) bond motifs is 1. The lowest BCUT2D eigenvalue weighted by atomic mass is 9.86. The van der Waals surface area contributed by atoms with Gasteiger partial charge in [-0.1, -0.05) is 13.8 Å². The van der Waals surface area contributed by atoms with Crippen molar-refractivity contribution in [3.05, 3.63) is 29.0 Å². The second-order valence-electron chi connectivity index (χ2n) is 5.92. The smallest absolute Gasteiger partial charge is 0.112 e. The highest BCUT2D eigenvalue weighted by Crippen LogP contribution is 2.31. The first-order chi connectivity index (χ1) is 9.65. The molecule has 3 heterocycles. The maximum Gasteiger partial charge on any atom is 0.112 e. The first-order valence-corrected chi connectivity index (χ1v) is 8.09. The Bertz CT molecular complexity index is 604. The minimum atomic E-state index is 0.792. The lowest BCUT2D eigenvalue weighted by Crippen LogP contribution is -2.35. The topological polar surface area (TPSA) is 29.0 Å². The fraction of sp³-hybridized carbons (Fsp3) is 0.500. The highest BCUT2D eigenvalue weighted by Gasteiger charge is 2.23. The summed E-state index contributed by atoms with van der Waals surface area (Å²) < 4.78 is 0.980. The number of hydrogen-bond acceptors (Lipinski definition) is 3. The first-order valence-electron chi connectivity index (χ1n) is 7.30. The maximum absolute atomic E-state index is 4.56. The molecular formula is C16H20BrN3. The summed E-state index contributed by atoms with van der Waals surface area (Å²) in [7, 11) is 0. The van der Waals surface area contributed by atoms with Crippen LogP contribution < -0.4 is 4.90 Å². The molecule has 3 rings (SSSR count). The Morgan fingerprint density at radius 3 is 2.70 bits per heavy atom. The van der Waals surface area contributed by atoms with Crippen LogP contribution >= 0.6 is 15.9 Å².